The SMILES string of the molecule is CC(C)(C)C(N)C(CO)n1cccn1. The predicted octanol–water partition coefficient (Wildman–Crippen LogP) is 0.790. The van der Waals surface area contributed by atoms with Gasteiger partial charge in [0.25, 0.3) is 0 Å². The Bertz CT molecular complexity index is 263. The summed E-state index contributed by atoms with van der Waals surface area (Å²) in [6.45, 7) is 6.19. The van der Waals surface area contributed by atoms with Crippen LogP contribution in [0.25, 0.3) is 0 Å². The number of aromatic nitrogens is 2. The summed E-state index contributed by atoms with van der Waals surface area (Å²) in [4.78, 5) is 0. The maximum Gasteiger partial charge on any atom is 0.0905 e. The maximum absolute atomic E-state index is 9.29. The summed E-state index contributed by atoms with van der Waals surface area (Å²) < 4.78 is 1.72. The Morgan fingerprint density at radius 1 is 1.50 bits per heavy atom. The van der Waals surface area contributed by atoms with Crippen molar-refractivity contribution >= 4 is 0 Å². The van der Waals surface area contributed by atoms with E-state index in [4.69, 9.17) is 5.73 Å². The fourth-order valence-electron chi connectivity index (χ4n) is 1.42. The zero-order valence-corrected chi connectivity index (χ0v) is 9.01. The molecule has 3 N–H and O–H groups in total. The Kier molecular flexibility index (Phi) is 3.29. The van der Waals surface area contributed by atoms with Crippen molar-refractivity contribution in [3.8, 4) is 0 Å². The second-order valence-electron chi connectivity index (χ2n) is 4.63. The Morgan fingerprint density at radius 3 is 2.50 bits per heavy atom. The molecule has 14 heavy (non-hydrogen) atoms. The van der Waals surface area contributed by atoms with Crippen molar-refractivity contribution in [2.45, 2.75) is 32.9 Å². The van der Waals surface area contributed by atoms with E-state index in [0.717, 1.165) is 0 Å². The van der Waals surface area contributed by atoms with Gasteiger partial charge in [-0.05, 0) is 11.5 Å². The first-order valence-corrected chi connectivity index (χ1v) is 4.82. The van der Waals surface area contributed by atoms with E-state index in [1.54, 1.807) is 10.9 Å². The van der Waals surface area contributed by atoms with E-state index in [9.17, 15) is 5.11 Å². The average molecular weight is 197 g/mol. The quantitative estimate of drug-likeness (QED) is 0.753. The largest absolute Gasteiger partial charge is 0.394 e. The average Bonchev–Trinajstić information content (AvgIpc) is 2.57. The first kappa shape index (κ1) is 11.2. The Morgan fingerprint density at radius 2 is 2.14 bits per heavy atom. The third-order valence-electron chi connectivity index (χ3n) is 2.47. The Hall–Kier alpha value is -0.870. The van der Waals surface area contributed by atoms with E-state index in [0.29, 0.717) is 0 Å². The van der Waals surface area contributed by atoms with E-state index in [1.165, 1.54) is 0 Å². The summed E-state index contributed by atoms with van der Waals surface area (Å²) in [5.41, 5.74) is 6.03. The first-order valence-electron chi connectivity index (χ1n) is 4.82. The fraction of sp³-hybridized carbons (Fsp3) is 0.700. The van der Waals surface area contributed by atoms with Gasteiger partial charge in [0, 0.05) is 18.4 Å². The summed E-state index contributed by atoms with van der Waals surface area (Å²) in [7, 11) is 0. The number of hydrogen-bond acceptors (Lipinski definition) is 3. The number of aliphatic hydroxyl groups is 1. The number of nitrogens with zero attached hydrogens (tertiary/aromatic N) is 2. The summed E-state index contributed by atoms with van der Waals surface area (Å²) in [5, 5.41) is 13.4. The predicted molar refractivity (Wildman–Crippen MR) is 55.8 cm³/mol. The number of nitrogens with two attached hydrogens (primary N) is 1. The van der Waals surface area contributed by atoms with Crippen LogP contribution in [0.15, 0.2) is 18.5 Å². The molecule has 4 nitrogen and oxygen atoms in total. The topological polar surface area (TPSA) is 64.1 Å². The van der Waals surface area contributed by atoms with Crippen molar-refractivity contribution in [2.24, 2.45) is 11.1 Å². The lowest BCUT2D eigenvalue weighted by molar-refractivity contribution is 0.145. The molecule has 0 amide bonds. The monoisotopic (exact) mass is 197 g/mol. The molecule has 2 unspecified atom stereocenters. The molecule has 0 aromatic carbocycles. The molecule has 0 radical (unpaired) electrons. The van der Waals surface area contributed by atoms with Crippen LogP contribution >= 0.6 is 0 Å². The second-order valence-corrected chi connectivity index (χ2v) is 4.63. The summed E-state index contributed by atoms with van der Waals surface area (Å²) in [6, 6.07) is 1.57. The highest BCUT2D eigenvalue weighted by molar-refractivity contribution is 4.90. The molecule has 0 aliphatic rings. The van der Waals surface area contributed by atoms with Gasteiger partial charge in [0.15, 0.2) is 0 Å². The molecule has 0 bridgehead atoms. The van der Waals surface area contributed by atoms with Crippen LogP contribution in [0.5, 0.6) is 0 Å². The first-order chi connectivity index (χ1) is 6.46. The van der Waals surface area contributed by atoms with E-state index < -0.39 is 0 Å². The van der Waals surface area contributed by atoms with Gasteiger partial charge in [0.2, 0.25) is 0 Å². The molecular formula is C10H19N3O. The highest BCUT2D eigenvalue weighted by atomic mass is 16.3. The minimum Gasteiger partial charge on any atom is -0.394 e. The zero-order chi connectivity index (χ0) is 10.8. The molecule has 2 atom stereocenters. The highest BCUT2D eigenvalue weighted by Crippen LogP contribution is 2.25. The van der Waals surface area contributed by atoms with Gasteiger partial charge in [0.1, 0.15) is 0 Å². The summed E-state index contributed by atoms with van der Waals surface area (Å²) >= 11 is 0. The fourth-order valence-corrected chi connectivity index (χ4v) is 1.42. The normalized spacial score (nSPS) is 16.6. The molecule has 0 aliphatic carbocycles. The zero-order valence-electron chi connectivity index (χ0n) is 9.01. The highest BCUT2D eigenvalue weighted by Gasteiger charge is 2.29. The second kappa shape index (κ2) is 4.11. The molecule has 0 aliphatic heterocycles. The molecule has 1 aromatic rings. The molecule has 0 fully saturated rings. The van der Waals surface area contributed by atoms with Crippen LogP contribution in [0.4, 0.5) is 0 Å². The molecular weight excluding hydrogens is 178 g/mol. The molecule has 0 spiro atoms. The van der Waals surface area contributed by atoms with Crippen LogP contribution in [-0.4, -0.2) is 27.5 Å². The number of aliphatic hydroxyl groups excluding tert-OH is 1. The van der Waals surface area contributed by atoms with Gasteiger partial charge in [-0.2, -0.15) is 5.10 Å². The molecule has 80 valence electrons. The van der Waals surface area contributed by atoms with Crippen molar-refractivity contribution in [3.63, 3.8) is 0 Å². The molecule has 1 aromatic heterocycles. The van der Waals surface area contributed by atoms with Crippen molar-refractivity contribution < 1.29 is 5.11 Å². The standard InChI is InChI=1S/C10H19N3O/c1-10(2,3)9(11)8(7-14)13-6-4-5-12-13/h4-6,8-9,14H,7,11H2,1-3H3. The van der Waals surface area contributed by atoms with Crippen LogP contribution in [-0.2, 0) is 0 Å². The smallest absolute Gasteiger partial charge is 0.0905 e. The summed E-state index contributed by atoms with van der Waals surface area (Å²) in [6.07, 6.45) is 3.52. The van der Waals surface area contributed by atoms with E-state index >= 15 is 0 Å². The van der Waals surface area contributed by atoms with E-state index in [1.807, 2.05) is 12.3 Å². The van der Waals surface area contributed by atoms with Crippen LogP contribution in [0.1, 0.15) is 26.8 Å². The van der Waals surface area contributed by atoms with Crippen LogP contribution in [0.2, 0.25) is 0 Å². The van der Waals surface area contributed by atoms with Crippen LogP contribution in [0, 0.1) is 5.41 Å². The molecule has 1 rings (SSSR count). The van der Waals surface area contributed by atoms with Gasteiger partial charge >= 0.3 is 0 Å². The minimum atomic E-state index is -0.148. The molecule has 1 heterocycles. The lowest BCUT2D eigenvalue weighted by Crippen LogP contribution is -2.44. The molecule has 0 saturated heterocycles. The summed E-state index contributed by atoms with van der Waals surface area (Å²) in [5.74, 6) is 0. The number of hydrogen-bond donors (Lipinski definition) is 2. The molecule has 0 saturated carbocycles. The van der Waals surface area contributed by atoms with Crippen LogP contribution < -0.4 is 5.73 Å². The maximum atomic E-state index is 9.29. The Labute approximate surface area is 84.7 Å². The third-order valence-corrected chi connectivity index (χ3v) is 2.47. The van der Waals surface area contributed by atoms with Gasteiger partial charge < -0.3 is 10.8 Å². The third kappa shape index (κ3) is 2.33. The van der Waals surface area contributed by atoms with Gasteiger partial charge in [-0.25, -0.2) is 0 Å². The van der Waals surface area contributed by atoms with Gasteiger partial charge in [0.05, 0.1) is 12.6 Å². The van der Waals surface area contributed by atoms with Crippen molar-refractivity contribution in [3.05, 3.63) is 18.5 Å². The molecule has 4 heteroatoms. The van der Waals surface area contributed by atoms with Crippen molar-refractivity contribution in [2.75, 3.05) is 6.61 Å². The van der Waals surface area contributed by atoms with E-state index in [-0.39, 0.29) is 24.1 Å². The minimum absolute atomic E-state index is 0.0140. The van der Waals surface area contributed by atoms with Gasteiger partial charge in [-0.3, -0.25) is 4.68 Å². The lowest BCUT2D eigenvalue weighted by atomic mass is 9.83. The Balaban J connectivity index is 2.83. The van der Waals surface area contributed by atoms with E-state index in [2.05, 4.69) is 25.9 Å². The van der Waals surface area contributed by atoms with Crippen molar-refractivity contribution in [1.82, 2.24) is 9.78 Å². The van der Waals surface area contributed by atoms with Gasteiger partial charge in [-0.1, -0.05) is 20.8 Å². The van der Waals surface area contributed by atoms with Crippen LogP contribution in [0.3, 0.4) is 0 Å². The van der Waals surface area contributed by atoms with Crippen molar-refractivity contribution in [1.29, 1.82) is 0 Å². The number of rotatable bonds is 3. The lowest BCUT2D eigenvalue weighted by Gasteiger charge is -2.33. The van der Waals surface area contributed by atoms with Gasteiger partial charge in [-0.15, -0.1) is 0 Å².